The Bertz CT molecular complexity index is 1220. The number of amides is 1. The van der Waals surface area contributed by atoms with E-state index in [2.05, 4.69) is 50.7 Å². The van der Waals surface area contributed by atoms with Gasteiger partial charge >= 0.3 is 0 Å². The number of nitrogens with one attached hydrogen (secondary N) is 1. The smallest absolute Gasteiger partial charge is 0.224 e. The van der Waals surface area contributed by atoms with E-state index in [0.29, 0.717) is 30.2 Å². The first-order chi connectivity index (χ1) is 15.7. The molecule has 0 aliphatic carbocycles. The molecular weight excluding hydrogens is 400 g/mol. The zero-order valence-corrected chi connectivity index (χ0v) is 18.1. The second-order valence-electron chi connectivity index (χ2n) is 8.33. The molecule has 1 N–H and O–H groups in total. The first-order valence-electron chi connectivity index (χ1n) is 11.0. The molecule has 5 rings (SSSR count). The average molecular weight is 427 g/mol. The van der Waals surface area contributed by atoms with Crippen molar-refractivity contribution in [2.45, 2.75) is 32.1 Å². The fourth-order valence-electron chi connectivity index (χ4n) is 4.20. The zero-order valence-electron chi connectivity index (χ0n) is 18.1. The molecule has 1 amide bonds. The van der Waals surface area contributed by atoms with Gasteiger partial charge in [-0.15, -0.1) is 15.3 Å². The Labute approximate surface area is 187 Å². The topological polar surface area (TPSA) is 75.4 Å². The van der Waals surface area contributed by atoms with Gasteiger partial charge in [-0.25, -0.2) is 0 Å². The Balaban J connectivity index is 1.26. The lowest BCUT2D eigenvalue weighted by Crippen LogP contribution is -2.21. The zero-order chi connectivity index (χ0) is 21.9. The molecule has 2 aromatic heterocycles. The maximum absolute atomic E-state index is 12.4. The minimum Gasteiger partial charge on any atom is -0.355 e. The third-order valence-corrected chi connectivity index (χ3v) is 6.01. The predicted octanol–water partition coefficient (Wildman–Crippen LogP) is 4.00. The van der Waals surface area contributed by atoms with Crippen LogP contribution < -0.4 is 10.2 Å². The molecule has 162 valence electrons. The molecule has 7 nitrogen and oxygen atoms in total. The third kappa shape index (κ3) is 4.32. The summed E-state index contributed by atoms with van der Waals surface area (Å²) in [5.41, 5.74) is 4.03. The number of hydrogen-bond donors (Lipinski definition) is 1. The van der Waals surface area contributed by atoms with Gasteiger partial charge in [0.2, 0.25) is 5.91 Å². The van der Waals surface area contributed by atoms with Gasteiger partial charge in [-0.05, 0) is 43.2 Å². The van der Waals surface area contributed by atoms with Crippen LogP contribution in [0.5, 0.6) is 0 Å². The lowest BCUT2D eigenvalue weighted by molar-refractivity contribution is -0.116. The van der Waals surface area contributed by atoms with E-state index in [-0.39, 0.29) is 5.91 Å². The van der Waals surface area contributed by atoms with Gasteiger partial charge in [-0.2, -0.15) is 4.52 Å². The van der Waals surface area contributed by atoms with Gasteiger partial charge in [-0.3, -0.25) is 4.79 Å². The lowest BCUT2D eigenvalue weighted by atomic mass is 9.99. The second-order valence-corrected chi connectivity index (χ2v) is 8.33. The monoisotopic (exact) mass is 426 g/mol. The van der Waals surface area contributed by atoms with Crippen LogP contribution in [-0.4, -0.2) is 38.8 Å². The maximum Gasteiger partial charge on any atom is 0.224 e. The summed E-state index contributed by atoms with van der Waals surface area (Å²) >= 11 is 0. The van der Waals surface area contributed by atoms with Crippen molar-refractivity contribution in [3.05, 3.63) is 83.7 Å². The summed E-state index contributed by atoms with van der Waals surface area (Å²) < 4.78 is 1.77. The first kappa shape index (κ1) is 20.2. The highest BCUT2D eigenvalue weighted by Gasteiger charge is 2.25. The van der Waals surface area contributed by atoms with Gasteiger partial charge in [-0.1, -0.05) is 48.0 Å². The minimum absolute atomic E-state index is 0.0491. The molecule has 1 aliphatic rings. The normalized spacial score (nSPS) is 15.9. The van der Waals surface area contributed by atoms with Crippen molar-refractivity contribution in [3.63, 3.8) is 0 Å². The van der Waals surface area contributed by atoms with Gasteiger partial charge < -0.3 is 10.2 Å². The van der Waals surface area contributed by atoms with Crippen molar-refractivity contribution in [1.29, 1.82) is 0 Å². The molecule has 1 aliphatic heterocycles. The van der Waals surface area contributed by atoms with E-state index in [4.69, 9.17) is 5.10 Å². The van der Waals surface area contributed by atoms with E-state index in [9.17, 15) is 4.79 Å². The number of aryl methyl sites for hydroxylation is 2. The van der Waals surface area contributed by atoms with Crippen molar-refractivity contribution < 1.29 is 4.79 Å². The van der Waals surface area contributed by atoms with Gasteiger partial charge in [0.1, 0.15) is 5.82 Å². The molecule has 32 heavy (non-hydrogen) atoms. The Morgan fingerprint density at radius 2 is 1.84 bits per heavy atom. The van der Waals surface area contributed by atoms with Crippen LogP contribution in [0.1, 0.15) is 35.7 Å². The van der Waals surface area contributed by atoms with Crippen LogP contribution in [0, 0.1) is 6.92 Å². The van der Waals surface area contributed by atoms with Crippen LogP contribution in [0.4, 0.5) is 11.5 Å². The number of carbonyl (C=O) groups excluding carboxylic acids is 1. The summed E-state index contributed by atoms with van der Waals surface area (Å²) in [5.74, 6) is 2.08. The van der Waals surface area contributed by atoms with Gasteiger partial charge in [0, 0.05) is 37.5 Å². The van der Waals surface area contributed by atoms with E-state index >= 15 is 0 Å². The van der Waals surface area contributed by atoms with Crippen LogP contribution in [-0.2, 0) is 11.2 Å². The highest BCUT2D eigenvalue weighted by Crippen LogP contribution is 2.29. The summed E-state index contributed by atoms with van der Waals surface area (Å²) in [7, 11) is 0. The summed E-state index contributed by atoms with van der Waals surface area (Å²) in [6, 6.07) is 22.4. The maximum atomic E-state index is 12.4. The largest absolute Gasteiger partial charge is 0.355 e. The Morgan fingerprint density at radius 1 is 1.03 bits per heavy atom. The fourth-order valence-corrected chi connectivity index (χ4v) is 4.20. The minimum atomic E-state index is -0.0491. The van der Waals surface area contributed by atoms with Crippen molar-refractivity contribution in [2.24, 2.45) is 0 Å². The lowest BCUT2D eigenvalue weighted by Gasteiger charge is -2.17. The number of fused-ring (bicyclic) bond motifs is 1. The van der Waals surface area contributed by atoms with Gasteiger partial charge in [0.25, 0.3) is 0 Å². The van der Waals surface area contributed by atoms with Crippen LogP contribution in [0.25, 0.3) is 5.65 Å². The van der Waals surface area contributed by atoms with E-state index in [1.165, 1.54) is 5.56 Å². The van der Waals surface area contributed by atoms with Crippen LogP contribution in [0.3, 0.4) is 0 Å². The summed E-state index contributed by atoms with van der Waals surface area (Å²) in [6.45, 7) is 3.93. The van der Waals surface area contributed by atoms with Crippen molar-refractivity contribution in [2.75, 3.05) is 23.3 Å². The van der Waals surface area contributed by atoms with Crippen molar-refractivity contribution in [3.8, 4) is 0 Å². The van der Waals surface area contributed by atoms with Crippen LogP contribution in [0.2, 0.25) is 0 Å². The standard InChI is InChI=1S/C25H26N6O/c1-18-7-9-21(10-8-18)26-25(32)14-13-23-28-27-22-11-12-24(29-31(22)23)30-16-15-20(17-30)19-5-3-2-4-6-19/h2-12,20H,13-17H2,1H3,(H,26,32)/t20-/m0/s1. The highest BCUT2D eigenvalue weighted by atomic mass is 16.1. The number of nitrogens with zero attached hydrogens (tertiary/aromatic N) is 5. The number of hydrogen-bond acceptors (Lipinski definition) is 5. The van der Waals surface area contributed by atoms with Gasteiger partial charge in [0.05, 0.1) is 0 Å². The molecule has 4 aromatic rings. The molecule has 7 heteroatoms. The molecule has 0 saturated carbocycles. The molecule has 0 bridgehead atoms. The summed E-state index contributed by atoms with van der Waals surface area (Å²) in [6.07, 6.45) is 1.90. The Morgan fingerprint density at radius 3 is 2.66 bits per heavy atom. The number of rotatable bonds is 6. The number of aromatic nitrogens is 4. The summed E-state index contributed by atoms with van der Waals surface area (Å²) in [5, 5.41) is 16.2. The molecule has 0 radical (unpaired) electrons. The first-order valence-corrected chi connectivity index (χ1v) is 11.0. The molecule has 3 heterocycles. The SMILES string of the molecule is Cc1ccc(NC(=O)CCc2nnc3ccc(N4CC[C@H](c5ccccc5)C4)nn23)cc1. The van der Waals surface area contributed by atoms with Crippen molar-refractivity contribution >= 4 is 23.1 Å². The second kappa shape index (κ2) is 8.78. The number of anilines is 2. The van der Waals surface area contributed by atoms with E-state index in [1.54, 1.807) is 4.52 Å². The number of carbonyl (C=O) groups is 1. The van der Waals surface area contributed by atoms with Crippen LogP contribution in [0.15, 0.2) is 66.7 Å². The van der Waals surface area contributed by atoms with Crippen molar-refractivity contribution in [1.82, 2.24) is 19.8 Å². The van der Waals surface area contributed by atoms with Gasteiger partial charge in [0.15, 0.2) is 11.5 Å². The molecule has 1 saturated heterocycles. The summed E-state index contributed by atoms with van der Waals surface area (Å²) in [4.78, 5) is 14.7. The molecule has 1 atom stereocenters. The highest BCUT2D eigenvalue weighted by molar-refractivity contribution is 5.90. The average Bonchev–Trinajstić information content (AvgIpc) is 3.47. The predicted molar refractivity (Wildman–Crippen MR) is 125 cm³/mol. The fraction of sp³-hybridized carbons (Fsp3) is 0.280. The van der Waals surface area contributed by atoms with E-state index < -0.39 is 0 Å². The Hall–Kier alpha value is -3.74. The van der Waals surface area contributed by atoms with E-state index in [1.807, 2.05) is 43.3 Å². The van der Waals surface area contributed by atoms with E-state index in [0.717, 1.165) is 36.6 Å². The molecule has 2 aromatic carbocycles. The molecule has 0 spiro atoms. The van der Waals surface area contributed by atoms with Crippen LogP contribution >= 0.6 is 0 Å². The Kier molecular flexibility index (Phi) is 5.54. The molecule has 1 fully saturated rings. The molecular formula is C25H26N6O. The quantitative estimate of drug-likeness (QED) is 0.504. The number of benzene rings is 2. The molecule has 0 unspecified atom stereocenters. The third-order valence-electron chi connectivity index (χ3n) is 6.01.